The Kier molecular flexibility index (Phi) is 6.06. The summed E-state index contributed by atoms with van der Waals surface area (Å²) in [6, 6.07) is 16.2. The van der Waals surface area contributed by atoms with Crippen molar-refractivity contribution in [3.8, 4) is 6.07 Å². The number of nitriles is 1. The van der Waals surface area contributed by atoms with Crippen molar-refractivity contribution in [1.82, 2.24) is 5.32 Å². The second kappa shape index (κ2) is 9.11. The summed E-state index contributed by atoms with van der Waals surface area (Å²) in [5.74, 6) is -2.82. The van der Waals surface area contributed by atoms with Crippen molar-refractivity contribution in [3.05, 3.63) is 87.9 Å². The first-order valence-corrected chi connectivity index (χ1v) is 10.5. The molecule has 1 atom stereocenters. The number of nitrogens with one attached hydrogen (secondary N) is 1. The van der Waals surface area contributed by atoms with Crippen LogP contribution in [0.25, 0.3) is 0 Å². The molecule has 0 radical (unpaired) electrons. The van der Waals surface area contributed by atoms with Crippen LogP contribution >= 0.6 is 0 Å². The van der Waals surface area contributed by atoms with E-state index in [1.165, 1.54) is 19.1 Å². The minimum atomic E-state index is -0.952. The summed E-state index contributed by atoms with van der Waals surface area (Å²) in [4.78, 5) is 39.8. The molecule has 2 heterocycles. The average Bonchev–Trinajstić information content (AvgIpc) is 2.87. The molecule has 2 aromatic carbocycles. The predicted octanol–water partition coefficient (Wildman–Crippen LogP) is 1.76. The minimum Gasteiger partial charge on any atom is -0.466 e. The molecule has 4 rings (SSSR count). The number of amides is 1. The molecule has 0 bridgehead atoms. The lowest BCUT2D eigenvalue weighted by Gasteiger charge is -2.37. The molecule has 1 amide bonds. The zero-order chi connectivity index (χ0) is 24.4. The van der Waals surface area contributed by atoms with Gasteiger partial charge < -0.3 is 20.5 Å². The summed E-state index contributed by atoms with van der Waals surface area (Å²) in [6.45, 7) is 0.304. The molecule has 3 N–H and O–H groups in total. The summed E-state index contributed by atoms with van der Waals surface area (Å²) in [7, 11) is 2.38. The standard InChI is InChI=1S/C25H22N4O5/c1-33-24(31)21-20(14-7-4-3-5-8-14)17(12-26)23(27)29(22(21)25(32)34-2)18-10-6-9-15-13-28-19(30)11-16(15)18/h3-10,20H,11,13,27H2,1-2H3,(H,28,30). The molecule has 0 saturated heterocycles. The third-order valence-electron chi connectivity index (χ3n) is 5.91. The molecule has 0 aliphatic carbocycles. The van der Waals surface area contributed by atoms with Gasteiger partial charge in [-0.15, -0.1) is 0 Å². The second-order valence-electron chi connectivity index (χ2n) is 7.70. The molecule has 1 unspecified atom stereocenters. The number of methoxy groups -OCH3 is 2. The fourth-order valence-corrected chi connectivity index (χ4v) is 4.38. The Morgan fingerprint density at radius 2 is 1.79 bits per heavy atom. The van der Waals surface area contributed by atoms with Gasteiger partial charge >= 0.3 is 11.9 Å². The van der Waals surface area contributed by atoms with Crippen molar-refractivity contribution in [1.29, 1.82) is 5.26 Å². The van der Waals surface area contributed by atoms with Crippen molar-refractivity contribution < 1.29 is 23.9 Å². The number of fused-ring (bicyclic) bond motifs is 1. The normalized spacial score (nSPS) is 17.5. The summed E-state index contributed by atoms with van der Waals surface area (Å²) < 4.78 is 10.1. The van der Waals surface area contributed by atoms with Gasteiger partial charge in [-0.3, -0.25) is 9.69 Å². The first-order chi connectivity index (χ1) is 16.4. The summed E-state index contributed by atoms with van der Waals surface area (Å²) in [6.07, 6.45) is 0.0430. The number of ether oxygens (including phenoxy) is 2. The number of esters is 2. The second-order valence-corrected chi connectivity index (χ2v) is 7.70. The van der Waals surface area contributed by atoms with Crippen LogP contribution in [0.2, 0.25) is 0 Å². The van der Waals surface area contributed by atoms with E-state index in [2.05, 4.69) is 11.4 Å². The van der Waals surface area contributed by atoms with Crippen molar-refractivity contribution in [3.63, 3.8) is 0 Å². The molecule has 2 aliphatic rings. The topological polar surface area (TPSA) is 135 Å². The van der Waals surface area contributed by atoms with Gasteiger partial charge in [0.05, 0.1) is 49.5 Å². The van der Waals surface area contributed by atoms with E-state index in [0.29, 0.717) is 23.4 Å². The number of carbonyl (C=O) groups excluding carboxylic acids is 3. The highest BCUT2D eigenvalue weighted by Crippen LogP contribution is 2.44. The van der Waals surface area contributed by atoms with Crippen LogP contribution in [0, 0.1) is 11.3 Å². The van der Waals surface area contributed by atoms with E-state index in [0.717, 1.165) is 5.56 Å². The van der Waals surface area contributed by atoms with E-state index in [1.54, 1.807) is 42.5 Å². The number of nitrogens with two attached hydrogens (primary N) is 1. The predicted molar refractivity (Wildman–Crippen MR) is 122 cm³/mol. The molecular formula is C25H22N4O5. The lowest BCUT2D eigenvalue weighted by Crippen LogP contribution is -2.42. The molecule has 172 valence electrons. The Labute approximate surface area is 196 Å². The van der Waals surface area contributed by atoms with Crippen LogP contribution in [0.5, 0.6) is 0 Å². The molecule has 9 heteroatoms. The number of allylic oxidation sites excluding steroid dienone is 1. The monoisotopic (exact) mass is 458 g/mol. The quantitative estimate of drug-likeness (QED) is 0.662. The number of hydrogen-bond acceptors (Lipinski definition) is 8. The SMILES string of the molecule is COC(=O)C1=C(C(=O)OC)N(c2cccc3c2CC(=O)NC3)C(N)=C(C#N)C1c1ccccc1. The number of nitrogens with zero attached hydrogens (tertiary/aromatic N) is 2. The molecule has 0 aromatic heterocycles. The third kappa shape index (κ3) is 3.65. The van der Waals surface area contributed by atoms with Crippen LogP contribution in [0.3, 0.4) is 0 Å². The molecular weight excluding hydrogens is 436 g/mol. The van der Waals surface area contributed by atoms with Gasteiger partial charge in [0, 0.05) is 6.54 Å². The molecule has 0 saturated carbocycles. The lowest BCUT2D eigenvalue weighted by molar-refractivity contribution is -0.139. The molecule has 0 fully saturated rings. The maximum absolute atomic E-state index is 13.2. The van der Waals surface area contributed by atoms with E-state index >= 15 is 0 Å². The van der Waals surface area contributed by atoms with Crippen LogP contribution in [-0.2, 0) is 36.8 Å². The Bertz CT molecular complexity index is 1290. The van der Waals surface area contributed by atoms with Crippen LogP contribution in [0.15, 0.2) is 71.2 Å². The van der Waals surface area contributed by atoms with Gasteiger partial charge in [0.1, 0.15) is 11.5 Å². The Morgan fingerprint density at radius 1 is 1.09 bits per heavy atom. The van der Waals surface area contributed by atoms with Gasteiger partial charge in [-0.1, -0.05) is 42.5 Å². The van der Waals surface area contributed by atoms with Gasteiger partial charge in [-0.05, 0) is 22.8 Å². The van der Waals surface area contributed by atoms with Gasteiger partial charge in [-0.2, -0.15) is 5.26 Å². The van der Waals surface area contributed by atoms with Gasteiger partial charge in [0.25, 0.3) is 0 Å². The largest absolute Gasteiger partial charge is 0.466 e. The summed E-state index contributed by atoms with van der Waals surface area (Å²) >= 11 is 0. The highest BCUT2D eigenvalue weighted by molar-refractivity contribution is 6.06. The Balaban J connectivity index is 2.08. The van der Waals surface area contributed by atoms with E-state index in [9.17, 15) is 19.6 Å². The van der Waals surface area contributed by atoms with Crippen molar-refractivity contribution in [2.75, 3.05) is 19.1 Å². The van der Waals surface area contributed by atoms with Crippen molar-refractivity contribution in [2.24, 2.45) is 5.73 Å². The minimum absolute atomic E-state index is 0.0382. The maximum Gasteiger partial charge on any atom is 0.355 e. The number of anilines is 1. The Hall–Kier alpha value is -4.58. The van der Waals surface area contributed by atoms with Crippen LogP contribution in [0.4, 0.5) is 5.69 Å². The highest BCUT2D eigenvalue weighted by Gasteiger charge is 2.43. The third-order valence-corrected chi connectivity index (χ3v) is 5.91. The van der Waals surface area contributed by atoms with E-state index in [4.69, 9.17) is 15.2 Å². The fraction of sp³-hybridized carbons (Fsp3) is 0.200. The maximum atomic E-state index is 13.2. The van der Waals surface area contributed by atoms with Gasteiger partial charge in [0.15, 0.2) is 0 Å². The highest BCUT2D eigenvalue weighted by atomic mass is 16.5. The molecule has 2 aliphatic heterocycles. The lowest BCUT2D eigenvalue weighted by atomic mass is 9.80. The van der Waals surface area contributed by atoms with Crippen molar-refractivity contribution >= 4 is 23.5 Å². The number of rotatable bonds is 4. The first-order valence-electron chi connectivity index (χ1n) is 10.5. The van der Waals surface area contributed by atoms with Gasteiger partial charge in [0.2, 0.25) is 5.91 Å². The summed E-state index contributed by atoms with van der Waals surface area (Å²) in [5, 5.41) is 12.9. The molecule has 0 spiro atoms. The Morgan fingerprint density at radius 3 is 2.44 bits per heavy atom. The smallest absolute Gasteiger partial charge is 0.355 e. The zero-order valence-electron chi connectivity index (χ0n) is 18.6. The number of carbonyl (C=O) groups is 3. The summed E-state index contributed by atoms with van der Waals surface area (Å²) in [5.41, 5.74) is 8.81. The average molecular weight is 458 g/mol. The number of benzene rings is 2. The van der Waals surface area contributed by atoms with E-state index in [1.807, 2.05) is 6.07 Å². The fourth-order valence-electron chi connectivity index (χ4n) is 4.38. The van der Waals surface area contributed by atoms with Crippen LogP contribution < -0.4 is 16.0 Å². The number of hydrogen-bond donors (Lipinski definition) is 2. The van der Waals surface area contributed by atoms with Crippen LogP contribution in [-0.4, -0.2) is 32.1 Å². The first kappa shape index (κ1) is 22.6. The molecule has 2 aromatic rings. The van der Waals surface area contributed by atoms with Crippen LogP contribution in [0.1, 0.15) is 22.6 Å². The molecule has 34 heavy (non-hydrogen) atoms. The van der Waals surface area contributed by atoms with E-state index < -0.39 is 17.9 Å². The van der Waals surface area contributed by atoms with E-state index in [-0.39, 0.29) is 35.0 Å². The van der Waals surface area contributed by atoms with Gasteiger partial charge in [-0.25, -0.2) is 9.59 Å². The molecule has 9 nitrogen and oxygen atoms in total. The van der Waals surface area contributed by atoms with Crippen molar-refractivity contribution in [2.45, 2.75) is 18.9 Å². The zero-order valence-corrected chi connectivity index (χ0v) is 18.6.